The molecule has 3 unspecified atom stereocenters. The van der Waals surface area contributed by atoms with Crippen LogP contribution in [0, 0.1) is 5.92 Å². The third-order valence-electron chi connectivity index (χ3n) is 4.80. The fraction of sp³-hybridized carbons (Fsp3) is 1.00. The molecule has 3 rings (SSSR count). The minimum atomic E-state index is -0.329. The largest absolute Gasteiger partial charge is 0.377 e. The van der Waals surface area contributed by atoms with Crippen molar-refractivity contribution in [3.63, 3.8) is 0 Å². The first-order chi connectivity index (χ1) is 8.74. The summed E-state index contributed by atoms with van der Waals surface area (Å²) in [6, 6.07) is 0.900. The smallest absolute Gasteiger partial charge is 0.122 e. The number of piperidine rings is 2. The van der Waals surface area contributed by atoms with Crippen molar-refractivity contribution in [3.05, 3.63) is 0 Å². The van der Waals surface area contributed by atoms with Crippen LogP contribution in [0.25, 0.3) is 0 Å². The molecule has 0 radical (unpaired) electrons. The Morgan fingerprint density at radius 3 is 2.94 bits per heavy atom. The Balaban J connectivity index is 1.56. The molecule has 4 nitrogen and oxygen atoms in total. The van der Waals surface area contributed by atoms with Crippen LogP contribution in [-0.2, 0) is 0 Å². The van der Waals surface area contributed by atoms with E-state index in [1.54, 1.807) is 0 Å². The Bertz CT molecular complexity index is 291. The second-order valence-corrected chi connectivity index (χ2v) is 6.79. The highest BCUT2D eigenvalue weighted by atomic mass is 32.1. The molecule has 3 saturated heterocycles. The molecule has 0 spiro atoms. The Kier molecular flexibility index (Phi) is 4.15. The van der Waals surface area contributed by atoms with Gasteiger partial charge in [-0.3, -0.25) is 4.90 Å². The maximum absolute atomic E-state index is 10.5. The molecule has 0 aromatic heterocycles. The van der Waals surface area contributed by atoms with E-state index in [0.717, 1.165) is 32.0 Å². The summed E-state index contributed by atoms with van der Waals surface area (Å²) in [5.74, 6) is 0.732. The van der Waals surface area contributed by atoms with Gasteiger partial charge in [0.05, 0.1) is 0 Å². The number of fused-ring (bicyclic) bond motifs is 1. The van der Waals surface area contributed by atoms with E-state index in [2.05, 4.69) is 28.2 Å². The highest BCUT2D eigenvalue weighted by Gasteiger charge is 2.37. The molecule has 3 aliphatic rings. The lowest BCUT2D eigenvalue weighted by atomic mass is 9.85. The van der Waals surface area contributed by atoms with E-state index >= 15 is 0 Å². The number of hydrogen-bond acceptors (Lipinski definition) is 5. The topological polar surface area (TPSA) is 47.5 Å². The van der Waals surface area contributed by atoms with Gasteiger partial charge in [0.25, 0.3) is 0 Å². The highest BCUT2D eigenvalue weighted by Crippen LogP contribution is 2.27. The van der Waals surface area contributed by atoms with Gasteiger partial charge in [-0.05, 0) is 38.1 Å². The van der Waals surface area contributed by atoms with Crippen molar-refractivity contribution in [1.82, 2.24) is 15.5 Å². The molecule has 0 aromatic rings. The summed E-state index contributed by atoms with van der Waals surface area (Å²) in [6.45, 7) is 4.17. The summed E-state index contributed by atoms with van der Waals surface area (Å²) in [5.41, 5.74) is 0. The molecule has 0 bridgehead atoms. The molecule has 3 fully saturated rings. The maximum Gasteiger partial charge on any atom is 0.122 e. The number of nitrogens with zero attached hydrogens (tertiary/aromatic N) is 1. The quantitative estimate of drug-likeness (QED) is 0.536. The first-order valence-corrected chi connectivity index (χ1v) is 7.82. The molecular weight excluding hydrogens is 246 g/mol. The summed E-state index contributed by atoms with van der Waals surface area (Å²) in [4.78, 5) is 2.28. The van der Waals surface area contributed by atoms with Gasteiger partial charge in [-0.2, -0.15) is 12.6 Å². The molecule has 0 aromatic carbocycles. The normalized spacial score (nSPS) is 43.7. The van der Waals surface area contributed by atoms with Crippen LogP contribution in [0.3, 0.4) is 0 Å². The zero-order valence-electron chi connectivity index (χ0n) is 10.9. The zero-order valence-corrected chi connectivity index (χ0v) is 11.8. The monoisotopic (exact) mass is 271 g/mol. The molecule has 5 heteroatoms. The van der Waals surface area contributed by atoms with Gasteiger partial charge in [-0.25, -0.2) is 0 Å². The van der Waals surface area contributed by atoms with Crippen LogP contribution in [0.5, 0.6) is 0 Å². The van der Waals surface area contributed by atoms with Crippen LogP contribution in [0.1, 0.15) is 25.7 Å². The molecular formula is C13H25N3OS. The van der Waals surface area contributed by atoms with Crippen molar-refractivity contribution >= 4 is 12.6 Å². The van der Waals surface area contributed by atoms with E-state index in [9.17, 15) is 5.11 Å². The van der Waals surface area contributed by atoms with Gasteiger partial charge in [0.2, 0.25) is 0 Å². The van der Waals surface area contributed by atoms with Crippen LogP contribution in [-0.4, -0.2) is 59.7 Å². The van der Waals surface area contributed by atoms with Crippen LogP contribution in [0.4, 0.5) is 0 Å². The SMILES string of the molecule is O[C@H]([C@@H]1CC(S)CN1)N1CCC2NCCCC2C1. The second kappa shape index (κ2) is 5.67. The van der Waals surface area contributed by atoms with Gasteiger partial charge < -0.3 is 15.7 Å². The number of aliphatic hydroxyl groups is 1. The molecule has 3 aliphatic heterocycles. The number of likely N-dealkylation sites (tertiary alicyclic amines) is 1. The van der Waals surface area contributed by atoms with Crippen molar-refractivity contribution in [3.8, 4) is 0 Å². The zero-order chi connectivity index (χ0) is 12.5. The van der Waals surface area contributed by atoms with Crippen molar-refractivity contribution in [1.29, 1.82) is 0 Å². The standard InChI is InChI=1S/C13H25N3OS/c17-13(12-6-10(18)7-15-12)16-5-3-11-9(8-16)2-1-4-14-11/h9-15,17-18H,1-8H2/t9?,10?,11?,12-,13+/m0/s1. The fourth-order valence-corrected chi connectivity index (χ4v) is 4.07. The van der Waals surface area contributed by atoms with Crippen LogP contribution in [0.2, 0.25) is 0 Å². The van der Waals surface area contributed by atoms with Gasteiger partial charge in [0.15, 0.2) is 0 Å². The molecule has 18 heavy (non-hydrogen) atoms. The summed E-state index contributed by atoms with van der Waals surface area (Å²) in [7, 11) is 0. The molecule has 104 valence electrons. The Morgan fingerprint density at radius 2 is 2.17 bits per heavy atom. The van der Waals surface area contributed by atoms with E-state index in [-0.39, 0.29) is 12.3 Å². The molecule has 3 N–H and O–H groups in total. The lowest BCUT2D eigenvalue weighted by Crippen LogP contribution is -2.57. The van der Waals surface area contributed by atoms with Gasteiger partial charge in [0.1, 0.15) is 6.23 Å². The van der Waals surface area contributed by atoms with Crippen LogP contribution < -0.4 is 10.6 Å². The fourth-order valence-electron chi connectivity index (χ4n) is 3.74. The Morgan fingerprint density at radius 1 is 1.28 bits per heavy atom. The van der Waals surface area contributed by atoms with E-state index in [1.807, 2.05) is 0 Å². The number of hydrogen-bond donors (Lipinski definition) is 4. The Labute approximate surface area is 115 Å². The number of aliphatic hydroxyl groups excluding tert-OH is 1. The maximum atomic E-state index is 10.5. The van der Waals surface area contributed by atoms with Crippen molar-refractivity contribution in [2.75, 3.05) is 26.2 Å². The second-order valence-electron chi connectivity index (χ2n) is 6.06. The minimum Gasteiger partial charge on any atom is -0.377 e. The molecule has 0 saturated carbocycles. The van der Waals surface area contributed by atoms with Crippen LogP contribution >= 0.6 is 12.6 Å². The van der Waals surface area contributed by atoms with Gasteiger partial charge in [-0.1, -0.05) is 0 Å². The first-order valence-electron chi connectivity index (χ1n) is 7.31. The summed E-state index contributed by atoms with van der Waals surface area (Å²) in [5, 5.41) is 17.9. The predicted octanol–water partition coefficient (Wildman–Crippen LogP) is 0.0390. The van der Waals surface area contributed by atoms with Gasteiger partial charge in [-0.15, -0.1) is 0 Å². The third kappa shape index (κ3) is 2.70. The summed E-state index contributed by atoms with van der Waals surface area (Å²) >= 11 is 4.48. The number of thiol groups is 1. The minimum absolute atomic E-state index is 0.209. The lowest BCUT2D eigenvalue weighted by Gasteiger charge is -2.44. The first kappa shape index (κ1) is 13.2. The highest BCUT2D eigenvalue weighted by molar-refractivity contribution is 7.81. The van der Waals surface area contributed by atoms with Crippen molar-refractivity contribution in [2.24, 2.45) is 5.92 Å². The molecule has 0 aliphatic carbocycles. The van der Waals surface area contributed by atoms with Gasteiger partial charge >= 0.3 is 0 Å². The molecule has 3 heterocycles. The number of nitrogens with one attached hydrogen (secondary N) is 2. The molecule has 5 atom stereocenters. The van der Waals surface area contributed by atoms with Crippen molar-refractivity contribution < 1.29 is 5.11 Å². The summed E-state index contributed by atoms with van der Waals surface area (Å²) < 4.78 is 0. The average molecular weight is 271 g/mol. The number of rotatable bonds is 2. The molecule has 0 amide bonds. The lowest BCUT2D eigenvalue weighted by molar-refractivity contribution is -0.0518. The Hall–Kier alpha value is 0.190. The van der Waals surface area contributed by atoms with Crippen molar-refractivity contribution in [2.45, 2.75) is 49.2 Å². The average Bonchev–Trinajstić information content (AvgIpc) is 2.84. The van der Waals surface area contributed by atoms with E-state index < -0.39 is 0 Å². The predicted molar refractivity (Wildman–Crippen MR) is 75.9 cm³/mol. The van der Waals surface area contributed by atoms with E-state index in [0.29, 0.717) is 11.3 Å². The van der Waals surface area contributed by atoms with Gasteiger partial charge in [0, 0.05) is 37.0 Å². The van der Waals surface area contributed by atoms with Crippen LogP contribution in [0.15, 0.2) is 0 Å². The third-order valence-corrected chi connectivity index (χ3v) is 5.19. The van der Waals surface area contributed by atoms with E-state index in [1.165, 1.54) is 25.8 Å². The van der Waals surface area contributed by atoms with E-state index in [4.69, 9.17) is 0 Å². The summed E-state index contributed by atoms with van der Waals surface area (Å²) in [6.07, 6.45) is 4.43.